The molecule has 3 heterocycles. The van der Waals surface area contributed by atoms with Crippen molar-refractivity contribution in [2.45, 2.75) is 12.5 Å². The fourth-order valence-electron chi connectivity index (χ4n) is 2.40. The van der Waals surface area contributed by atoms with Crippen LogP contribution in [0.3, 0.4) is 0 Å². The molecule has 0 saturated carbocycles. The second-order valence-corrected chi connectivity index (χ2v) is 4.48. The molecule has 96 valence electrons. The molecule has 1 atom stereocenters. The summed E-state index contributed by atoms with van der Waals surface area (Å²) < 4.78 is 11.1. The minimum absolute atomic E-state index is 0.202. The molecule has 1 aliphatic heterocycles. The third kappa shape index (κ3) is 2.07. The fourth-order valence-corrected chi connectivity index (χ4v) is 2.40. The first-order valence-corrected chi connectivity index (χ1v) is 6.27. The molecule has 0 aromatic carbocycles. The summed E-state index contributed by atoms with van der Waals surface area (Å²) in [6.07, 6.45) is 4.58. The van der Waals surface area contributed by atoms with E-state index in [1.165, 1.54) is 0 Å². The quantitative estimate of drug-likeness (QED) is 0.887. The van der Waals surface area contributed by atoms with Gasteiger partial charge in [-0.2, -0.15) is 0 Å². The highest BCUT2D eigenvalue weighted by Crippen LogP contribution is 2.26. The van der Waals surface area contributed by atoms with E-state index >= 15 is 0 Å². The number of pyridine rings is 1. The molecule has 2 aromatic heterocycles. The lowest BCUT2D eigenvalue weighted by Crippen LogP contribution is -2.43. The summed E-state index contributed by atoms with van der Waals surface area (Å²) >= 11 is 0. The van der Waals surface area contributed by atoms with Gasteiger partial charge in [0.1, 0.15) is 11.4 Å². The van der Waals surface area contributed by atoms with Crippen LogP contribution in [0.1, 0.15) is 6.42 Å². The molecule has 1 fully saturated rings. The average Bonchev–Trinajstić information content (AvgIpc) is 2.87. The van der Waals surface area contributed by atoms with Gasteiger partial charge in [-0.25, -0.2) is 4.98 Å². The second kappa shape index (κ2) is 4.96. The Kier molecular flexibility index (Phi) is 3.17. The Hall–Kier alpha value is -1.59. The molecule has 1 aliphatic rings. The molecule has 18 heavy (non-hydrogen) atoms. The molecule has 2 aromatic rings. The van der Waals surface area contributed by atoms with E-state index in [-0.39, 0.29) is 6.10 Å². The van der Waals surface area contributed by atoms with Gasteiger partial charge >= 0.3 is 0 Å². The van der Waals surface area contributed by atoms with Gasteiger partial charge in [0, 0.05) is 19.3 Å². The summed E-state index contributed by atoms with van der Waals surface area (Å²) in [5, 5.41) is 1.06. The minimum Gasteiger partial charge on any atom is -0.464 e. The van der Waals surface area contributed by atoms with E-state index < -0.39 is 0 Å². The molecule has 0 amide bonds. The third-order valence-electron chi connectivity index (χ3n) is 3.29. The Bertz CT molecular complexity index is 524. The molecule has 5 heteroatoms. The molecule has 2 N–H and O–H groups in total. The third-order valence-corrected chi connectivity index (χ3v) is 3.29. The molecule has 0 bridgehead atoms. The minimum atomic E-state index is 0.202. The van der Waals surface area contributed by atoms with E-state index in [0.29, 0.717) is 6.54 Å². The van der Waals surface area contributed by atoms with Gasteiger partial charge in [0.2, 0.25) is 0 Å². The van der Waals surface area contributed by atoms with Crippen molar-refractivity contribution in [1.29, 1.82) is 0 Å². The van der Waals surface area contributed by atoms with Gasteiger partial charge in [0.05, 0.1) is 24.4 Å². The van der Waals surface area contributed by atoms with Crippen LogP contribution in [0.2, 0.25) is 0 Å². The van der Waals surface area contributed by atoms with Gasteiger partial charge in [0.15, 0.2) is 0 Å². The van der Waals surface area contributed by atoms with Gasteiger partial charge in [-0.3, -0.25) is 0 Å². The lowest BCUT2D eigenvalue weighted by Gasteiger charge is -2.33. The molecular weight excluding hydrogens is 230 g/mol. The van der Waals surface area contributed by atoms with Crippen molar-refractivity contribution in [2.75, 3.05) is 31.1 Å². The Morgan fingerprint density at radius 2 is 2.39 bits per heavy atom. The molecular formula is C13H17N3O2. The monoisotopic (exact) mass is 247 g/mol. The van der Waals surface area contributed by atoms with Gasteiger partial charge in [-0.05, 0) is 25.1 Å². The number of morpholine rings is 1. The first-order valence-electron chi connectivity index (χ1n) is 6.27. The van der Waals surface area contributed by atoms with Crippen molar-refractivity contribution in [2.24, 2.45) is 5.73 Å². The Labute approximate surface area is 106 Å². The van der Waals surface area contributed by atoms with E-state index in [2.05, 4.69) is 9.88 Å². The highest BCUT2D eigenvalue weighted by molar-refractivity contribution is 5.88. The summed E-state index contributed by atoms with van der Waals surface area (Å²) in [6.45, 7) is 3.08. The lowest BCUT2D eigenvalue weighted by molar-refractivity contribution is 0.0367. The Morgan fingerprint density at radius 1 is 1.44 bits per heavy atom. The Balaban J connectivity index is 1.87. The van der Waals surface area contributed by atoms with E-state index in [1.807, 2.05) is 12.1 Å². The van der Waals surface area contributed by atoms with Crippen LogP contribution in [0.5, 0.6) is 0 Å². The van der Waals surface area contributed by atoms with E-state index in [9.17, 15) is 0 Å². The van der Waals surface area contributed by atoms with Crippen LogP contribution in [0.4, 0.5) is 5.82 Å². The lowest BCUT2D eigenvalue weighted by atomic mass is 10.2. The number of nitrogens with zero attached hydrogens (tertiary/aromatic N) is 2. The molecule has 0 spiro atoms. The number of ether oxygens (including phenoxy) is 1. The summed E-state index contributed by atoms with van der Waals surface area (Å²) in [5.74, 6) is 0.978. The summed E-state index contributed by atoms with van der Waals surface area (Å²) in [6, 6.07) is 3.85. The van der Waals surface area contributed by atoms with Crippen molar-refractivity contribution in [3.05, 3.63) is 24.6 Å². The predicted molar refractivity (Wildman–Crippen MR) is 69.6 cm³/mol. The van der Waals surface area contributed by atoms with Crippen LogP contribution in [0.25, 0.3) is 11.0 Å². The largest absolute Gasteiger partial charge is 0.464 e. The number of nitrogens with two attached hydrogens (primary N) is 1. The van der Waals surface area contributed by atoms with Crippen molar-refractivity contribution in [3.63, 3.8) is 0 Å². The molecule has 3 rings (SSSR count). The van der Waals surface area contributed by atoms with Gasteiger partial charge in [0.25, 0.3) is 0 Å². The first kappa shape index (κ1) is 11.5. The highest BCUT2D eigenvalue weighted by Gasteiger charge is 2.22. The van der Waals surface area contributed by atoms with E-state index in [1.54, 1.807) is 12.5 Å². The van der Waals surface area contributed by atoms with Crippen molar-refractivity contribution in [1.82, 2.24) is 4.98 Å². The molecule has 0 radical (unpaired) electrons. The van der Waals surface area contributed by atoms with Crippen LogP contribution in [-0.2, 0) is 4.74 Å². The average molecular weight is 247 g/mol. The molecule has 1 saturated heterocycles. The van der Waals surface area contributed by atoms with E-state index in [0.717, 1.165) is 42.9 Å². The summed E-state index contributed by atoms with van der Waals surface area (Å²) in [4.78, 5) is 6.73. The second-order valence-electron chi connectivity index (χ2n) is 4.48. The zero-order valence-electron chi connectivity index (χ0n) is 10.2. The Morgan fingerprint density at radius 3 is 3.28 bits per heavy atom. The smallest absolute Gasteiger partial charge is 0.139 e. The maximum absolute atomic E-state index is 5.69. The zero-order valence-corrected chi connectivity index (χ0v) is 10.2. The van der Waals surface area contributed by atoms with Crippen LogP contribution in [0, 0.1) is 0 Å². The number of aromatic nitrogens is 1. The highest BCUT2D eigenvalue weighted by atomic mass is 16.5. The first-order chi connectivity index (χ1) is 8.88. The van der Waals surface area contributed by atoms with Gasteiger partial charge in [-0.15, -0.1) is 0 Å². The number of furan rings is 1. The fraction of sp³-hybridized carbons (Fsp3) is 0.462. The number of fused-ring (bicyclic) bond motifs is 1. The van der Waals surface area contributed by atoms with Crippen LogP contribution in [0.15, 0.2) is 29.0 Å². The number of hydrogen-bond acceptors (Lipinski definition) is 5. The zero-order chi connectivity index (χ0) is 12.4. The van der Waals surface area contributed by atoms with Crippen molar-refractivity contribution < 1.29 is 9.15 Å². The van der Waals surface area contributed by atoms with Gasteiger partial charge in [-0.1, -0.05) is 0 Å². The molecule has 0 aliphatic carbocycles. The van der Waals surface area contributed by atoms with Crippen LogP contribution < -0.4 is 10.6 Å². The predicted octanol–water partition coefficient (Wildman–Crippen LogP) is 1.38. The van der Waals surface area contributed by atoms with Crippen LogP contribution >= 0.6 is 0 Å². The number of hydrogen-bond donors (Lipinski definition) is 1. The molecule has 5 nitrogen and oxygen atoms in total. The standard InChI is InChI=1S/C13H17N3O2/c14-4-1-10-9-16(6-8-17-10)13-11-3-7-18-12(11)2-5-15-13/h2-3,5,7,10H,1,4,6,8-9,14H2. The normalized spacial score (nSPS) is 20.5. The SMILES string of the molecule is NCCC1CN(c2nccc3occc23)CCO1. The van der Waals surface area contributed by atoms with E-state index in [4.69, 9.17) is 14.9 Å². The van der Waals surface area contributed by atoms with Crippen molar-refractivity contribution in [3.8, 4) is 0 Å². The topological polar surface area (TPSA) is 64.5 Å². The maximum atomic E-state index is 5.69. The molecule has 1 unspecified atom stereocenters. The summed E-state index contributed by atoms with van der Waals surface area (Å²) in [7, 11) is 0. The van der Waals surface area contributed by atoms with Crippen LogP contribution in [-0.4, -0.2) is 37.3 Å². The van der Waals surface area contributed by atoms with Gasteiger partial charge < -0.3 is 19.8 Å². The maximum Gasteiger partial charge on any atom is 0.139 e. The summed E-state index contributed by atoms with van der Waals surface area (Å²) in [5.41, 5.74) is 6.47. The number of anilines is 1. The van der Waals surface area contributed by atoms with Crippen molar-refractivity contribution >= 4 is 16.8 Å². The number of rotatable bonds is 3.